The fourth-order valence-electron chi connectivity index (χ4n) is 3.91. The fraction of sp³-hybridized carbons (Fsp3) is 0.185. The molecule has 3 aromatic carbocycles. The van der Waals surface area contributed by atoms with Crippen molar-refractivity contribution in [3.8, 4) is 11.5 Å². The molecule has 1 N–H and O–H groups in total. The zero-order valence-corrected chi connectivity index (χ0v) is 19.6. The van der Waals surface area contributed by atoms with Gasteiger partial charge in [-0.15, -0.1) is 0 Å². The van der Waals surface area contributed by atoms with E-state index in [2.05, 4.69) is 0 Å². The molecule has 1 unspecified atom stereocenters. The van der Waals surface area contributed by atoms with Crippen LogP contribution in [-0.2, 0) is 9.59 Å². The van der Waals surface area contributed by atoms with Gasteiger partial charge in [-0.3, -0.25) is 14.5 Å². The molecule has 6 nitrogen and oxygen atoms in total. The second-order valence-electron chi connectivity index (χ2n) is 7.79. The third-order valence-electron chi connectivity index (χ3n) is 5.56. The number of amides is 1. The summed E-state index contributed by atoms with van der Waals surface area (Å²) < 4.78 is 11.0. The summed E-state index contributed by atoms with van der Waals surface area (Å²) in [6.07, 6.45) is 0.838. The molecule has 4 rings (SSSR count). The van der Waals surface area contributed by atoms with Crippen LogP contribution in [0.15, 0.2) is 78.4 Å². The van der Waals surface area contributed by atoms with Crippen LogP contribution in [0.25, 0.3) is 5.76 Å². The van der Waals surface area contributed by atoms with Gasteiger partial charge in [0, 0.05) is 16.3 Å². The van der Waals surface area contributed by atoms with E-state index in [1.807, 2.05) is 13.0 Å². The average molecular weight is 478 g/mol. The van der Waals surface area contributed by atoms with E-state index in [0.717, 1.165) is 6.42 Å². The van der Waals surface area contributed by atoms with Gasteiger partial charge in [-0.2, -0.15) is 0 Å². The minimum absolute atomic E-state index is 0.00391. The fourth-order valence-corrected chi connectivity index (χ4v) is 4.04. The Hall–Kier alpha value is -3.77. The summed E-state index contributed by atoms with van der Waals surface area (Å²) in [7, 11) is 1.55. The molecule has 3 aromatic rings. The van der Waals surface area contributed by atoms with E-state index >= 15 is 0 Å². The number of ether oxygens (including phenoxy) is 2. The first-order valence-corrected chi connectivity index (χ1v) is 11.3. The number of hydrogen-bond donors (Lipinski definition) is 1. The Morgan fingerprint density at radius 1 is 1.00 bits per heavy atom. The molecule has 0 radical (unpaired) electrons. The van der Waals surface area contributed by atoms with Gasteiger partial charge in [-0.05, 0) is 72.6 Å². The quantitative estimate of drug-likeness (QED) is 0.266. The van der Waals surface area contributed by atoms with Crippen molar-refractivity contribution in [2.24, 2.45) is 0 Å². The molecule has 1 saturated heterocycles. The van der Waals surface area contributed by atoms with E-state index in [0.29, 0.717) is 39.9 Å². The number of methoxy groups -OCH3 is 1. The molecule has 0 aromatic heterocycles. The van der Waals surface area contributed by atoms with Crippen molar-refractivity contribution < 1.29 is 24.2 Å². The first kappa shape index (κ1) is 23.4. The van der Waals surface area contributed by atoms with Gasteiger partial charge in [-0.1, -0.05) is 30.7 Å². The lowest BCUT2D eigenvalue weighted by molar-refractivity contribution is -0.132. The number of rotatable bonds is 7. The SMILES string of the molecule is CCCOc1cccc(C2/C(=C(/O)c3ccc(Cl)cc3)C(=O)C(=O)N2c2ccc(OC)cc2)c1. The molecule has 1 amide bonds. The highest BCUT2D eigenvalue weighted by Crippen LogP contribution is 2.43. The molecule has 1 aliphatic rings. The number of nitrogens with zero attached hydrogens (tertiary/aromatic N) is 1. The Kier molecular flexibility index (Phi) is 6.89. The summed E-state index contributed by atoms with van der Waals surface area (Å²) in [4.78, 5) is 27.9. The van der Waals surface area contributed by atoms with Gasteiger partial charge in [0.05, 0.1) is 25.3 Å². The third-order valence-corrected chi connectivity index (χ3v) is 5.81. The van der Waals surface area contributed by atoms with Crippen LogP contribution in [0.1, 0.15) is 30.5 Å². The smallest absolute Gasteiger partial charge is 0.300 e. The number of carbonyl (C=O) groups excluding carboxylic acids is 2. The molecular formula is C27H24ClNO5. The van der Waals surface area contributed by atoms with Crippen molar-refractivity contribution in [1.29, 1.82) is 0 Å². The predicted molar refractivity (Wildman–Crippen MR) is 131 cm³/mol. The van der Waals surface area contributed by atoms with Crippen molar-refractivity contribution >= 4 is 34.7 Å². The highest BCUT2D eigenvalue weighted by atomic mass is 35.5. The summed E-state index contributed by atoms with van der Waals surface area (Å²) in [5, 5.41) is 11.7. The Bertz CT molecular complexity index is 1230. The van der Waals surface area contributed by atoms with Crippen LogP contribution in [0.2, 0.25) is 5.02 Å². The normalized spacial score (nSPS) is 17.1. The zero-order valence-electron chi connectivity index (χ0n) is 18.8. The highest BCUT2D eigenvalue weighted by molar-refractivity contribution is 6.51. The number of aliphatic hydroxyl groups is 1. The topological polar surface area (TPSA) is 76.1 Å². The highest BCUT2D eigenvalue weighted by Gasteiger charge is 2.47. The van der Waals surface area contributed by atoms with Crippen LogP contribution in [0.5, 0.6) is 11.5 Å². The maximum Gasteiger partial charge on any atom is 0.300 e. The van der Waals surface area contributed by atoms with Crippen LogP contribution in [-0.4, -0.2) is 30.5 Å². The van der Waals surface area contributed by atoms with Crippen LogP contribution in [0.4, 0.5) is 5.69 Å². The van der Waals surface area contributed by atoms with Crippen LogP contribution in [0, 0.1) is 0 Å². The summed E-state index contributed by atoms with van der Waals surface area (Å²) in [6.45, 7) is 2.54. The molecule has 34 heavy (non-hydrogen) atoms. The average Bonchev–Trinajstić information content (AvgIpc) is 3.13. The summed E-state index contributed by atoms with van der Waals surface area (Å²) >= 11 is 5.99. The maximum atomic E-state index is 13.2. The molecule has 174 valence electrons. The molecule has 1 aliphatic heterocycles. The van der Waals surface area contributed by atoms with Gasteiger partial charge in [0.1, 0.15) is 17.3 Å². The molecule has 0 saturated carbocycles. The van der Waals surface area contributed by atoms with Crippen molar-refractivity contribution in [2.45, 2.75) is 19.4 Å². The molecule has 1 heterocycles. The standard InChI is InChI=1S/C27H24ClNO5/c1-3-15-34-22-6-4-5-18(16-22)24-23(25(30)17-7-9-19(28)10-8-17)26(31)27(32)29(24)20-11-13-21(33-2)14-12-20/h4-14,16,24,30H,3,15H2,1-2H3/b25-23-. The number of ketones is 1. The molecule has 0 spiro atoms. The van der Waals surface area contributed by atoms with Crippen molar-refractivity contribution in [2.75, 3.05) is 18.6 Å². The Labute approximate surface area is 203 Å². The zero-order chi connectivity index (χ0) is 24.2. The first-order valence-electron chi connectivity index (χ1n) is 10.9. The molecule has 0 aliphatic carbocycles. The largest absolute Gasteiger partial charge is 0.507 e. The Morgan fingerprint density at radius 2 is 1.71 bits per heavy atom. The van der Waals surface area contributed by atoms with Gasteiger partial charge in [0.15, 0.2) is 0 Å². The number of benzene rings is 3. The van der Waals surface area contributed by atoms with Crippen molar-refractivity contribution in [3.05, 3.63) is 94.5 Å². The van der Waals surface area contributed by atoms with E-state index in [1.165, 1.54) is 4.90 Å². The summed E-state index contributed by atoms with van der Waals surface area (Å²) in [5.41, 5.74) is 1.53. The van der Waals surface area contributed by atoms with E-state index < -0.39 is 17.7 Å². The van der Waals surface area contributed by atoms with Gasteiger partial charge in [-0.25, -0.2) is 0 Å². The number of halogens is 1. The van der Waals surface area contributed by atoms with Gasteiger partial charge in [0.25, 0.3) is 11.7 Å². The molecular weight excluding hydrogens is 454 g/mol. The molecule has 1 fully saturated rings. The minimum Gasteiger partial charge on any atom is -0.507 e. The third kappa shape index (κ3) is 4.50. The summed E-state index contributed by atoms with van der Waals surface area (Å²) in [5.74, 6) is -0.534. The lowest BCUT2D eigenvalue weighted by Gasteiger charge is -2.26. The monoisotopic (exact) mass is 477 g/mol. The van der Waals surface area contributed by atoms with E-state index in [-0.39, 0.29) is 11.3 Å². The van der Waals surface area contributed by atoms with Crippen LogP contribution >= 0.6 is 11.6 Å². The maximum absolute atomic E-state index is 13.2. The second-order valence-corrected chi connectivity index (χ2v) is 8.23. The lowest BCUT2D eigenvalue weighted by Crippen LogP contribution is -2.29. The number of carbonyl (C=O) groups is 2. The van der Waals surface area contributed by atoms with Crippen LogP contribution < -0.4 is 14.4 Å². The Balaban J connectivity index is 1.89. The van der Waals surface area contributed by atoms with E-state index in [9.17, 15) is 14.7 Å². The molecule has 7 heteroatoms. The van der Waals surface area contributed by atoms with Gasteiger partial charge >= 0.3 is 0 Å². The van der Waals surface area contributed by atoms with E-state index in [4.69, 9.17) is 21.1 Å². The first-order chi connectivity index (χ1) is 16.4. The number of hydrogen-bond acceptors (Lipinski definition) is 5. The number of anilines is 1. The Morgan fingerprint density at radius 3 is 2.35 bits per heavy atom. The second kappa shape index (κ2) is 10.0. The number of Topliss-reactive ketones (excluding diaryl/α,β-unsaturated/α-hetero) is 1. The van der Waals surface area contributed by atoms with Gasteiger partial charge in [0.2, 0.25) is 0 Å². The summed E-state index contributed by atoms with van der Waals surface area (Å²) in [6, 6.07) is 19.6. The minimum atomic E-state index is -0.853. The van der Waals surface area contributed by atoms with Crippen LogP contribution in [0.3, 0.4) is 0 Å². The van der Waals surface area contributed by atoms with E-state index in [1.54, 1.807) is 73.8 Å². The van der Waals surface area contributed by atoms with Crippen molar-refractivity contribution in [3.63, 3.8) is 0 Å². The van der Waals surface area contributed by atoms with Gasteiger partial charge < -0.3 is 14.6 Å². The lowest BCUT2D eigenvalue weighted by atomic mass is 9.95. The predicted octanol–water partition coefficient (Wildman–Crippen LogP) is 5.76. The molecule has 1 atom stereocenters. The van der Waals surface area contributed by atoms with Crippen molar-refractivity contribution in [1.82, 2.24) is 0 Å². The number of aliphatic hydroxyl groups excluding tert-OH is 1. The molecule has 0 bridgehead atoms.